The molecule has 1 aromatic rings. The second kappa shape index (κ2) is 7.25. The number of morpholine rings is 1. The third kappa shape index (κ3) is 4.37. The SMILES string of the molecule is C/C(=C\c1cccc(C(F)(F)F)c1)CN1CCN2CCOCC2C1. The molecule has 0 aromatic heterocycles. The Morgan fingerprint density at radius 1 is 1.29 bits per heavy atom. The molecule has 6 heteroatoms. The average Bonchev–Trinajstić information content (AvgIpc) is 2.54. The van der Waals surface area contributed by atoms with Gasteiger partial charge in [-0.25, -0.2) is 0 Å². The van der Waals surface area contributed by atoms with E-state index < -0.39 is 11.7 Å². The number of fused-ring (bicyclic) bond motifs is 1. The summed E-state index contributed by atoms with van der Waals surface area (Å²) in [4.78, 5) is 4.82. The highest BCUT2D eigenvalue weighted by Gasteiger charge is 2.30. The van der Waals surface area contributed by atoms with Gasteiger partial charge in [0.25, 0.3) is 0 Å². The zero-order valence-corrected chi connectivity index (χ0v) is 13.9. The van der Waals surface area contributed by atoms with Crippen LogP contribution in [0.5, 0.6) is 0 Å². The van der Waals surface area contributed by atoms with Crippen LogP contribution >= 0.6 is 0 Å². The zero-order valence-electron chi connectivity index (χ0n) is 13.9. The number of benzene rings is 1. The van der Waals surface area contributed by atoms with E-state index in [0.29, 0.717) is 11.6 Å². The first-order chi connectivity index (χ1) is 11.4. The summed E-state index contributed by atoms with van der Waals surface area (Å²) in [6, 6.07) is 5.92. The first kappa shape index (κ1) is 17.5. The van der Waals surface area contributed by atoms with Crippen molar-refractivity contribution >= 4 is 6.08 Å². The molecule has 2 saturated heterocycles. The molecule has 0 radical (unpaired) electrons. The topological polar surface area (TPSA) is 15.7 Å². The summed E-state index contributed by atoms with van der Waals surface area (Å²) in [7, 11) is 0. The van der Waals surface area contributed by atoms with Gasteiger partial charge in [-0.15, -0.1) is 0 Å². The molecule has 0 spiro atoms. The Kier molecular flexibility index (Phi) is 5.27. The quantitative estimate of drug-likeness (QED) is 0.841. The highest BCUT2D eigenvalue weighted by molar-refractivity contribution is 5.54. The van der Waals surface area contributed by atoms with Crippen LogP contribution in [0.1, 0.15) is 18.1 Å². The van der Waals surface area contributed by atoms with Gasteiger partial charge in [-0.1, -0.05) is 23.8 Å². The molecule has 0 aliphatic carbocycles. The molecule has 2 aliphatic rings. The Hall–Kier alpha value is -1.37. The number of hydrogen-bond acceptors (Lipinski definition) is 3. The van der Waals surface area contributed by atoms with Crippen LogP contribution in [-0.4, -0.2) is 61.8 Å². The van der Waals surface area contributed by atoms with Gasteiger partial charge in [-0.3, -0.25) is 9.80 Å². The van der Waals surface area contributed by atoms with E-state index >= 15 is 0 Å². The van der Waals surface area contributed by atoms with Gasteiger partial charge >= 0.3 is 6.18 Å². The van der Waals surface area contributed by atoms with Crippen LogP contribution in [0.4, 0.5) is 13.2 Å². The number of ether oxygens (including phenoxy) is 1. The molecule has 1 unspecified atom stereocenters. The van der Waals surface area contributed by atoms with E-state index in [-0.39, 0.29) is 0 Å². The maximum atomic E-state index is 12.8. The van der Waals surface area contributed by atoms with Gasteiger partial charge in [0.1, 0.15) is 0 Å². The lowest BCUT2D eigenvalue weighted by Gasteiger charge is -2.43. The Labute approximate surface area is 140 Å². The maximum Gasteiger partial charge on any atom is 0.416 e. The van der Waals surface area contributed by atoms with Gasteiger partial charge in [0.05, 0.1) is 18.8 Å². The van der Waals surface area contributed by atoms with E-state index in [9.17, 15) is 13.2 Å². The highest BCUT2D eigenvalue weighted by atomic mass is 19.4. The molecule has 24 heavy (non-hydrogen) atoms. The molecule has 0 amide bonds. The molecule has 132 valence electrons. The molecular formula is C18H23F3N2O. The number of nitrogens with zero attached hydrogens (tertiary/aromatic N) is 2. The summed E-state index contributed by atoms with van der Waals surface area (Å²) in [5, 5.41) is 0. The Morgan fingerprint density at radius 2 is 2.12 bits per heavy atom. The molecule has 0 saturated carbocycles. The van der Waals surface area contributed by atoms with Crippen molar-refractivity contribution in [2.24, 2.45) is 0 Å². The van der Waals surface area contributed by atoms with Crippen LogP contribution in [0.15, 0.2) is 29.8 Å². The van der Waals surface area contributed by atoms with Crippen molar-refractivity contribution in [3.05, 3.63) is 41.0 Å². The van der Waals surface area contributed by atoms with Crippen LogP contribution in [0.25, 0.3) is 6.08 Å². The molecule has 2 fully saturated rings. The lowest BCUT2D eigenvalue weighted by Crippen LogP contribution is -2.58. The van der Waals surface area contributed by atoms with E-state index in [1.807, 2.05) is 13.0 Å². The first-order valence-corrected chi connectivity index (χ1v) is 8.30. The molecule has 3 nitrogen and oxygen atoms in total. The normalized spacial score (nSPS) is 24.0. The number of rotatable bonds is 3. The number of halogens is 3. The lowest BCUT2D eigenvalue weighted by molar-refractivity contribution is -0.137. The van der Waals surface area contributed by atoms with E-state index in [0.717, 1.165) is 57.6 Å². The van der Waals surface area contributed by atoms with Crippen molar-refractivity contribution in [3.63, 3.8) is 0 Å². The zero-order chi connectivity index (χ0) is 17.2. The van der Waals surface area contributed by atoms with Crippen molar-refractivity contribution in [2.45, 2.75) is 19.1 Å². The highest BCUT2D eigenvalue weighted by Crippen LogP contribution is 2.30. The Bertz CT molecular complexity index is 600. The third-order valence-corrected chi connectivity index (χ3v) is 4.62. The molecule has 2 aliphatic heterocycles. The first-order valence-electron chi connectivity index (χ1n) is 8.30. The van der Waals surface area contributed by atoms with Gasteiger partial charge in [0.15, 0.2) is 0 Å². The minimum atomic E-state index is -4.30. The summed E-state index contributed by atoms with van der Waals surface area (Å²) in [5.74, 6) is 0. The van der Waals surface area contributed by atoms with Crippen LogP contribution in [0.2, 0.25) is 0 Å². The minimum Gasteiger partial charge on any atom is -0.378 e. The van der Waals surface area contributed by atoms with Crippen LogP contribution in [0.3, 0.4) is 0 Å². The summed E-state index contributed by atoms with van der Waals surface area (Å²) in [6.45, 7) is 8.31. The van der Waals surface area contributed by atoms with Gasteiger partial charge in [0, 0.05) is 38.8 Å². The monoisotopic (exact) mass is 340 g/mol. The summed E-state index contributed by atoms with van der Waals surface area (Å²) in [5.41, 5.74) is 1.07. The fourth-order valence-corrected chi connectivity index (χ4v) is 3.44. The standard InChI is InChI=1S/C18H23F3N2O/c1-14(9-15-3-2-4-16(10-15)18(19,20)21)11-22-5-6-23-7-8-24-13-17(23)12-22/h2-4,9-10,17H,5-8,11-13H2,1H3/b14-9+. The van der Waals surface area contributed by atoms with Gasteiger partial charge in [-0.2, -0.15) is 13.2 Å². The van der Waals surface area contributed by atoms with E-state index in [4.69, 9.17) is 4.74 Å². The van der Waals surface area contributed by atoms with E-state index in [2.05, 4.69) is 9.80 Å². The molecular weight excluding hydrogens is 317 g/mol. The summed E-state index contributed by atoms with van der Waals surface area (Å²) in [6.07, 6.45) is -2.45. The predicted octanol–water partition coefficient (Wildman–Crippen LogP) is 3.13. The lowest BCUT2D eigenvalue weighted by atomic mass is 10.1. The molecule has 0 N–H and O–H groups in total. The fraction of sp³-hybridized carbons (Fsp3) is 0.556. The average molecular weight is 340 g/mol. The Balaban J connectivity index is 1.62. The van der Waals surface area contributed by atoms with Gasteiger partial charge in [0.2, 0.25) is 0 Å². The van der Waals surface area contributed by atoms with Gasteiger partial charge in [-0.05, 0) is 24.6 Å². The Morgan fingerprint density at radius 3 is 2.92 bits per heavy atom. The molecule has 2 heterocycles. The van der Waals surface area contributed by atoms with Crippen molar-refractivity contribution in [1.29, 1.82) is 0 Å². The van der Waals surface area contributed by atoms with Crippen LogP contribution in [0, 0.1) is 0 Å². The van der Waals surface area contributed by atoms with Crippen LogP contribution in [-0.2, 0) is 10.9 Å². The predicted molar refractivity (Wildman–Crippen MR) is 87.7 cm³/mol. The molecule has 0 bridgehead atoms. The number of piperazine rings is 1. The summed E-state index contributed by atoms with van der Waals surface area (Å²) >= 11 is 0. The van der Waals surface area contributed by atoms with Gasteiger partial charge < -0.3 is 4.74 Å². The second-order valence-corrected chi connectivity index (χ2v) is 6.61. The van der Waals surface area contributed by atoms with Crippen LogP contribution < -0.4 is 0 Å². The van der Waals surface area contributed by atoms with Crippen molar-refractivity contribution in [2.75, 3.05) is 45.9 Å². The molecule has 1 atom stereocenters. The molecule has 1 aromatic carbocycles. The number of hydrogen-bond donors (Lipinski definition) is 0. The fourth-order valence-electron chi connectivity index (χ4n) is 3.44. The van der Waals surface area contributed by atoms with Crippen molar-refractivity contribution in [1.82, 2.24) is 9.80 Å². The third-order valence-electron chi connectivity index (χ3n) is 4.62. The summed E-state index contributed by atoms with van der Waals surface area (Å²) < 4.78 is 43.9. The minimum absolute atomic E-state index is 0.439. The maximum absolute atomic E-state index is 12.8. The van der Waals surface area contributed by atoms with E-state index in [1.54, 1.807) is 6.07 Å². The smallest absolute Gasteiger partial charge is 0.378 e. The number of alkyl halides is 3. The van der Waals surface area contributed by atoms with Crippen molar-refractivity contribution in [3.8, 4) is 0 Å². The largest absolute Gasteiger partial charge is 0.416 e. The second-order valence-electron chi connectivity index (χ2n) is 6.61. The van der Waals surface area contributed by atoms with Crippen molar-refractivity contribution < 1.29 is 17.9 Å². The van der Waals surface area contributed by atoms with E-state index in [1.165, 1.54) is 12.1 Å². The molecule has 3 rings (SSSR count).